The molecule has 2 aromatic rings. The van der Waals surface area contributed by atoms with Crippen LogP contribution >= 0.6 is 11.6 Å². The van der Waals surface area contributed by atoms with Gasteiger partial charge >= 0.3 is 0 Å². The molecule has 0 bridgehead atoms. The van der Waals surface area contributed by atoms with Crippen molar-refractivity contribution in [3.05, 3.63) is 59.0 Å². The highest BCUT2D eigenvalue weighted by Crippen LogP contribution is 2.42. The summed E-state index contributed by atoms with van der Waals surface area (Å²) in [5.41, 5.74) is 3.65. The largest absolute Gasteiger partial charge is 0.408 e. The van der Waals surface area contributed by atoms with Crippen molar-refractivity contribution < 1.29 is 8.82 Å². The minimum absolute atomic E-state index is 0.0818. The molecule has 0 aliphatic carbocycles. The van der Waals surface area contributed by atoms with Gasteiger partial charge in [0.1, 0.15) is 5.82 Å². The molecule has 0 saturated heterocycles. The third-order valence-corrected chi connectivity index (χ3v) is 10.4. The predicted molar refractivity (Wildman–Crippen MR) is 121 cm³/mol. The van der Waals surface area contributed by atoms with E-state index in [-0.39, 0.29) is 10.1 Å². The van der Waals surface area contributed by atoms with Crippen LogP contribution < -0.4 is 0 Å². The summed E-state index contributed by atoms with van der Waals surface area (Å²) in [6.45, 7) is 21.3. The Balaban J connectivity index is 2.59. The normalized spacial score (nSPS) is 12.9. The zero-order chi connectivity index (χ0) is 21.5. The first-order valence-corrected chi connectivity index (χ1v) is 12.8. The smallest absolute Gasteiger partial charge is 0.193 e. The van der Waals surface area contributed by atoms with Gasteiger partial charge in [-0.1, -0.05) is 39.0 Å². The number of hydrogen-bond donors (Lipinski definition) is 0. The van der Waals surface area contributed by atoms with Crippen LogP contribution in [0, 0.1) is 5.82 Å². The van der Waals surface area contributed by atoms with Crippen molar-refractivity contribution in [3.8, 4) is 11.3 Å². The second-order valence-corrected chi connectivity index (χ2v) is 14.5. The van der Waals surface area contributed by atoms with E-state index in [0.717, 1.165) is 28.1 Å². The summed E-state index contributed by atoms with van der Waals surface area (Å²) < 4.78 is 20.3. The molecule has 152 valence electrons. The van der Waals surface area contributed by atoms with E-state index in [2.05, 4.69) is 54.3 Å². The lowest BCUT2D eigenvalue weighted by Crippen LogP contribution is -2.46. The van der Waals surface area contributed by atoms with Crippen molar-refractivity contribution in [1.29, 1.82) is 0 Å². The number of benzene rings is 1. The first kappa shape index (κ1) is 22.8. The molecular formula is C23H31ClFNOSi. The van der Waals surface area contributed by atoms with Gasteiger partial charge in [-0.15, -0.1) is 0 Å². The molecule has 0 unspecified atom stereocenters. The summed E-state index contributed by atoms with van der Waals surface area (Å²) >= 11 is 5.99. The fourth-order valence-electron chi connectivity index (χ4n) is 2.75. The van der Waals surface area contributed by atoms with Crippen LogP contribution in [0.25, 0.3) is 16.8 Å². The van der Waals surface area contributed by atoms with Crippen molar-refractivity contribution >= 4 is 25.5 Å². The van der Waals surface area contributed by atoms with E-state index in [1.165, 1.54) is 6.07 Å². The molecule has 0 saturated carbocycles. The molecule has 0 spiro atoms. The van der Waals surface area contributed by atoms with Gasteiger partial charge in [-0.3, -0.25) is 0 Å². The van der Waals surface area contributed by atoms with E-state index >= 15 is 0 Å². The van der Waals surface area contributed by atoms with Gasteiger partial charge in [0.25, 0.3) is 0 Å². The Hall–Kier alpha value is -1.49. The number of pyridine rings is 1. The summed E-state index contributed by atoms with van der Waals surface area (Å²) in [7, 11) is -1.99. The lowest BCUT2D eigenvalue weighted by atomic mass is 9.95. The standard InChI is InChI=1S/C23H31ClFNOSi/c1-15(2)20-13-17(23(6,7)27-28(8,9)22(3,4)5)14-21(26-20)16-10-11-19(25)18(24)12-16/h10-14H,1H2,2-9H3. The molecule has 1 heterocycles. The number of nitrogens with zero attached hydrogens (tertiary/aromatic N) is 1. The summed E-state index contributed by atoms with van der Waals surface area (Å²) in [6.07, 6.45) is 0. The zero-order valence-corrected chi connectivity index (χ0v) is 20.0. The zero-order valence-electron chi connectivity index (χ0n) is 18.2. The molecule has 0 N–H and O–H groups in total. The van der Waals surface area contributed by atoms with Crippen LogP contribution in [-0.4, -0.2) is 13.3 Å². The molecule has 0 atom stereocenters. The molecule has 0 amide bonds. The van der Waals surface area contributed by atoms with E-state index in [0.29, 0.717) is 0 Å². The Bertz CT molecular complexity index is 900. The van der Waals surface area contributed by atoms with E-state index in [1.54, 1.807) is 12.1 Å². The Kier molecular flexibility index (Phi) is 6.30. The number of rotatable bonds is 5. The maximum Gasteiger partial charge on any atom is 0.193 e. The van der Waals surface area contributed by atoms with Gasteiger partial charge in [0, 0.05) is 5.56 Å². The van der Waals surface area contributed by atoms with Crippen LogP contribution in [0.1, 0.15) is 52.8 Å². The number of allylic oxidation sites excluding steroid dienone is 1. The van der Waals surface area contributed by atoms with Gasteiger partial charge in [-0.2, -0.15) is 0 Å². The molecule has 0 fully saturated rings. The Labute approximate surface area is 174 Å². The highest BCUT2D eigenvalue weighted by Gasteiger charge is 2.42. The second-order valence-electron chi connectivity index (χ2n) is 9.41. The average Bonchev–Trinajstić information content (AvgIpc) is 2.55. The highest BCUT2D eigenvalue weighted by molar-refractivity contribution is 6.74. The monoisotopic (exact) mass is 419 g/mol. The third-order valence-electron chi connectivity index (χ3n) is 5.49. The number of halogens is 2. The molecular weight excluding hydrogens is 389 g/mol. The second kappa shape index (κ2) is 7.73. The quantitative estimate of drug-likeness (QED) is 0.460. The van der Waals surface area contributed by atoms with Crippen LogP contribution in [0.4, 0.5) is 4.39 Å². The van der Waals surface area contributed by atoms with Crippen molar-refractivity contribution in [2.24, 2.45) is 0 Å². The average molecular weight is 420 g/mol. The van der Waals surface area contributed by atoms with Gasteiger partial charge in [-0.25, -0.2) is 9.37 Å². The molecule has 28 heavy (non-hydrogen) atoms. The first-order valence-electron chi connectivity index (χ1n) is 9.48. The molecule has 1 aromatic heterocycles. The minimum Gasteiger partial charge on any atom is -0.408 e. The lowest BCUT2D eigenvalue weighted by Gasteiger charge is -2.43. The van der Waals surface area contributed by atoms with Gasteiger partial charge in [0.2, 0.25) is 0 Å². The van der Waals surface area contributed by atoms with E-state index in [9.17, 15) is 4.39 Å². The van der Waals surface area contributed by atoms with Crippen LogP contribution in [-0.2, 0) is 10.0 Å². The highest BCUT2D eigenvalue weighted by atomic mass is 35.5. The summed E-state index contributed by atoms with van der Waals surface area (Å²) in [5, 5.41) is 0.181. The van der Waals surface area contributed by atoms with E-state index in [1.807, 2.05) is 19.1 Å². The summed E-state index contributed by atoms with van der Waals surface area (Å²) in [5.74, 6) is -0.441. The Morgan fingerprint density at radius 3 is 2.21 bits per heavy atom. The predicted octanol–water partition coefficient (Wildman–Crippen LogP) is 7.83. The topological polar surface area (TPSA) is 22.1 Å². The van der Waals surface area contributed by atoms with Crippen LogP contribution in [0.3, 0.4) is 0 Å². The number of hydrogen-bond acceptors (Lipinski definition) is 2. The Morgan fingerprint density at radius 1 is 1.11 bits per heavy atom. The SMILES string of the molecule is C=C(C)c1cc(C(C)(C)O[Si](C)(C)C(C)(C)C)cc(-c2ccc(F)c(Cl)c2)n1. The molecule has 0 aliphatic heterocycles. The first-order chi connectivity index (χ1) is 12.6. The van der Waals surface area contributed by atoms with E-state index < -0.39 is 19.7 Å². The van der Waals surface area contributed by atoms with Crippen molar-refractivity contribution in [2.45, 2.75) is 65.3 Å². The molecule has 1 aromatic carbocycles. The van der Waals surface area contributed by atoms with Crippen LogP contribution in [0.2, 0.25) is 23.2 Å². The van der Waals surface area contributed by atoms with Crippen LogP contribution in [0.15, 0.2) is 36.9 Å². The van der Waals surface area contributed by atoms with Crippen LogP contribution in [0.5, 0.6) is 0 Å². The van der Waals surface area contributed by atoms with Gasteiger partial charge < -0.3 is 4.43 Å². The van der Waals surface area contributed by atoms with E-state index in [4.69, 9.17) is 21.0 Å². The maximum absolute atomic E-state index is 13.6. The fraction of sp³-hybridized carbons (Fsp3) is 0.435. The van der Waals surface area contributed by atoms with Gasteiger partial charge in [0.05, 0.1) is 22.0 Å². The van der Waals surface area contributed by atoms with Gasteiger partial charge in [0.15, 0.2) is 8.32 Å². The van der Waals surface area contributed by atoms with Gasteiger partial charge in [-0.05, 0) is 80.4 Å². The summed E-state index contributed by atoms with van der Waals surface area (Å²) in [4.78, 5) is 4.71. The van der Waals surface area contributed by atoms with Crippen molar-refractivity contribution in [1.82, 2.24) is 4.98 Å². The summed E-state index contributed by atoms with van der Waals surface area (Å²) in [6, 6.07) is 8.70. The molecule has 0 aliphatic rings. The molecule has 0 radical (unpaired) electrons. The minimum atomic E-state index is -1.99. The molecule has 2 nitrogen and oxygen atoms in total. The maximum atomic E-state index is 13.6. The Morgan fingerprint density at radius 2 is 1.71 bits per heavy atom. The molecule has 5 heteroatoms. The fourth-order valence-corrected chi connectivity index (χ4v) is 4.63. The third kappa shape index (κ3) is 4.91. The number of aromatic nitrogens is 1. The van der Waals surface area contributed by atoms with Crippen molar-refractivity contribution in [3.63, 3.8) is 0 Å². The molecule has 2 rings (SSSR count). The lowest BCUT2D eigenvalue weighted by molar-refractivity contribution is 0.0901. The van der Waals surface area contributed by atoms with Crippen molar-refractivity contribution in [2.75, 3.05) is 0 Å².